The number of nitrogens with one attached hydrogen (secondary N) is 2. The van der Waals surface area contributed by atoms with Gasteiger partial charge in [-0.25, -0.2) is 0 Å². The van der Waals surface area contributed by atoms with Gasteiger partial charge in [-0.05, 0) is 37.6 Å². The molecule has 0 saturated carbocycles. The number of ether oxygens (including phenoxy) is 2. The van der Waals surface area contributed by atoms with Crippen LogP contribution in [0.15, 0.2) is 34.0 Å². The summed E-state index contributed by atoms with van der Waals surface area (Å²) in [6.45, 7) is 2.81. The number of benzene rings is 1. The van der Waals surface area contributed by atoms with Crippen LogP contribution in [0.3, 0.4) is 0 Å². The molecule has 0 saturated heterocycles. The lowest BCUT2D eigenvalue weighted by Gasteiger charge is -2.39. The van der Waals surface area contributed by atoms with Crippen molar-refractivity contribution in [3.63, 3.8) is 0 Å². The minimum absolute atomic E-state index is 0.0493. The van der Waals surface area contributed by atoms with Crippen LogP contribution < -0.4 is 5.32 Å². The predicted octanol–water partition coefficient (Wildman–Crippen LogP) is 2.30. The number of amides is 1. The molecule has 1 spiro atoms. The standard InChI is InChI=1S/C17H15BrN2O5/c1-7(21)12-8(2)25-14(19)13(15(22)24-3)17(12)10-6-9(18)4-5-11(10)20-16(17)23/h4-6,13,19H,1-3H3,(H,20,23). The molecule has 2 atom stereocenters. The lowest BCUT2D eigenvalue weighted by Crippen LogP contribution is -2.55. The van der Waals surface area contributed by atoms with E-state index in [1.54, 1.807) is 18.2 Å². The molecule has 0 bridgehead atoms. The fourth-order valence-corrected chi connectivity index (χ4v) is 4.01. The van der Waals surface area contributed by atoms with Crippen LogP contribution in [0.2, 0.25) is 0 Å². The number of carbonyl (C=O) groups is 3. The van der Waals surface area contributed by atoms with E-state index >= 15 is 0 Å². The largest absolute Gasteiger partial charge is 0.468 e. The van der Waals surface area contributed by atoms with Crippen LogP contribution in [-0.4, -0.2) is 30.7 Å². The van der Waals surface area contributed by atoms with Crippen molar-refractivity contribution in [2.45, 2.75) is 19.3 Å². The number of hydrogen-bond donors (Lipinski definition) is 2. The van der Waals surface area contributed by atoms with E-state index in [2.05, 4.69) is 21.2 Å². The van der Waals surface area contributed by atoms with Gasteiger partial charge in [0.25, 0.3) is 0 Å². The molecule has 0 radical (unpaired) electrons. The minimum atomic E-state index is -1.70. The molecule has 0 aromatic heterocycles. The van der Waals surface area contributed by atoms with E-state index in [9.17, 15) is 14.4 Å². The number of rotatable bonds is 2. The van der Waals surface area contributed by atoms with Gasteiger partial charge in [0, 0.05) is 10.2 Å². The Bertz CT molecular complexity index is 876. The topological polar surface area (TPSA) is 106 Å². The number of ketones is 1. The van der Waals surface area contributed by atoms with E-state index < -0.39 is 34.9 Å². The average molecular weight is 407 g/mol. The maximum atomic E-state index is 13.1. The third kappa shape index (κ3) is 2.24. The second-order valence-electron chi connectivity index (χ2n) is 5.86. The van der Waals surface area contributed by atoms with E-state index in [4.69, 9.17) is 14.9 Å². The van der Waals surface area contributed by atoms with Gasteiger partial charge in [-0.1, -0.05) is 15.9 Å². The summed E-state index contributed by atoms with van der Waals surface area (Å²) >= 11 is 3.35. The Morgan fingerprint density at radius 2 is 2.08 bits per heavy atom. The highest BCUT2D eigenvalue weighted by Gasteiger charge is 2.64. The summed E-state index contributed by atoms with van der Waals surface area (Å²) in [6.07, 6.45) is 0. The Labute approximate surface area is 152 Å². The number of fused-ring (bicyclic) bond motifs is 2. The molecule has 3 rings (SSSR count). The number of carbonyl (C=O) groups excluding carboxylic acids is 3. The van der Waals surface area contributed by atoms with E-state index in [0.29, 0.717) is 15.7 Å². The van der Waals surface area contributed by atoms with Crippen LogP contribution in [0.4, 0.5) is 5.69 Å². The number of Topliss-reactive ketones (excluding diaryl/α,β-unsaturated/α-hetero) is 1. The Kier molecular flexibility index (Phi) is 4.03. The van der Waals surface area contributed by atoms with Gasteiger partial charge in [0.1, 0.15) is 11.2 Å². The Balaban J connectivity index is 2.45. The molecule has 2 aliphatic heterocycles. The SMILES string of the molecule is COC(=O)C1C(=N)OC(C)=C(C(C)=O)C12C(=O)Nc1ccc(Br)cc12. The zero-order valence-electron chi connectivity index (χ0n) is 13.7. The molecule has 25 heavy (non-hydrogen) atoms. The molecule has 8 heteroatoms. The molecule has 1 amide bonds. The van der Waals surface area contributed by atoms with Crippen molar-refractivity contribution in [2.75, 3.05) is 12.4 Å². The van der Waals surface area contributed by atoms with Gasteiger partial charge in [-0.2, -0.15) is 0 Å². The first-order valence-electron chi connectivity index (χ1n) is 7.43. The monoisotopic (exact) mass is 406 g/mol. The first-order valence-corrected chi connectivity index (χ1v) is 8.22. The predicted molar refractivity (Wildman–Crippen MR) is 92.1 cm³/mol. The van der Waals surface area contributed by atoms with E-state index in [1.807, 2.05) is 0 Å². The quantitative estimate of drug-likeness (QED) is 0.732. The molecular weight excluding hydrogens is 392 g/mol. The fraction of sp³-hybridized carbons (Fsp3) is 0.294. The van der Waals surface area contributed by atoms with Gasteiger partial charge < -0.3 is 14.8 Å². The average Bonchev–Trinajstić information content (AvgIpc) is 2.79. The third-order valence-corrected chi connectivity index (χ3v) is 5.00. The zero-order valence-corrected chi connectivity index (χ0v) is 15.3. The number of anilines is 1. The fourth-order valence-electron chi connectivity index (χ4n) is 3.65. The minimum Gasteiger partial charge on any atom is -0.468 e. The Hall–Kier alpha value is -2.48. The molecule has 1 aromatic carbocycles. The van der Waals surface area contributed by atoms with Crippen LogP contribution in [-0.2, 0) is 29.3 Å². The van der Waals surface area contributed by atoms with Gasteiger partial charge in [-0.3, -0.25) is 19.8 Å². The first kappa shape index (κ1) is 17.3. The Morgan fingerprint density at radius 1 is 1.40 bits per heavy atom. The van der Waals surface area contributed by atoms with Gasteiger partial charge in [0.05, 0.1) is 12.7 Å². The highest BCUT2D eigenvalue weighted by Crippen LogP contribution is 2.52. The molecule has 0 aliphatic carbocycles. The van der Waals surface area contributed by atoms with Crippen molar-refractivity contribution in [3.8, 4) is 0 Å². The van der Waals surface area contributed by atoms with Crippen LogP contribution in [0.5, 0.6) is 0 Å². The molecule has 7 nitrogen and oxygen atoms in total. The van der Waals surface area contributed by atoms with Crippen LogP contribution >= 0.6 is 15.9 Å². The van der Waals surface area contributed by atoms with Crippen LogP contribution in [0.1, 0.15) is 19.4 Å². The van der Waals surface area contributed by atoms with Crippen molar-refractivity contribution in [3.05, 3.63) is 39.6 Å². The zero-order chi connectivity index (χ0) is 18.5. The molecule has 130 valence electrons. The van der Waals surface area contributed by atoms with Crippen molar-refractivity contribution >= 4 is 45.2 Å². The highest BCUT2D eigenvalue weighted by atomic mass is 79.9. The molecule has 2 N–H and O–H groups in total. The van der Waals surface area contributed by atoms with Crippen molar-refractivity contribution < 1.29 is 23.9 Å². The lowest BCUT2D eigenvalue weighted by molar-refractivity contribution is -0.147. The van der Waals surface area contributed by atoms with Crippen LogP contribution in [0.25, 0.3) is 0 Å². The number of halogens is 1. The molecule has 1 aromatic rings. The number of allylic oxidation sites excluding steroid dienone is 1. The van der Waals surface area contributed by atoms with Crippen molar-refractivity contribution in [1.29, 1.82) is 5.41 Å². The van der Waals surface area contributed by atoms with Crippen molar-refractivity contribution in [1.82, 2.24) is 0 Å². The van der Waals surface area contributed by atoms with E-state index in [1.165, 1.54) is 13.8 Å². The summed E-state index contributed by atoms with van der Waals surface area (Å²) < 4.78 is 10.8. The van der Waals surface area contributed by atoms with Crippen LogP contribution in [0, 0.1) is 11.3 Å². The normalized spacial score (nSPS) is 24.7. The summed E-state index contributed by atoms with van der Waals surface area (Å²) in [5.41, 5.74) is -0.742. The second kappa shape index (κ2) is 5.80. The lowest BCUT2D eigenvalue weighted by atomic mass is 9.63. The molecular formula is C17H15BrN2O5. The number of hydrogen-bond acceptors (Lipinski definition) is 6. The summed E-state index contributed by atoms with van der Waals surface area (Å²) in [5, 5.41) is 10.9. The molecule has 2 unspecified atom stereocenters. The maximum Gasteiger partial charge on any atom is 0.319 e. The highest BCUT2D eigenvalue weighted by molar-refractivity contribution is 9.10. The number of esters is 1. The van der Waals surface area contributed by atoms with Gasteiger partial charge >= 0.3 is 5.97 Å². The van der Waals surface area contributed by atoms with Gasteiger partial charge in [-0.15, -0.1) is 0 Å². The summed E-state index contributed by atoms with van der Waals surface area (Å²) in [6, 6.07) is 5.07. The molecule has 2 heterocycles. The van der Waals surface area contributed by atoms with Gasteiger partial charge in [0.2, 0.25) is 11.8 Å². The smallest absolute Gasteiger partial charge is 0.319 e. The van der Waals surface area contributed by atoms with Crippen molar-refractivity contribution in [2.24, 2.45) is 5.92 Å². The maximum absolute atomic E-state index is 13.1. The Morgan fingerprint density at radius 3 is 2.68 bits per heavy atom. The first-order chi connectivity index (χ1) is 11.7. The third-order valence-electron chi connectivity index (χ3n) is 4.51. The molecule has 2 aliphatic rings. The second-order valence-corrected chi connectivity index (χ2v) is 6.78. The molecule has 0 fully saturated rings. The number of methoxy groups -OCH3 is 1. The summed E-state index contributed by atoms with van der Waals surface area (Å²) in [5.74, 6) is -3.50. The summed E-state index contributed by atoms with van der Waals surface area (Å²) in [7, 11) is 1.16. The van der Waals surface area contributed by atoms with E-state index in [-0.39, 0.29) is 11.3 Å². The van der Waals surface area contributed by atoms with E-state index in [0.717, 1.165) is 7.11 Å². The summed E-state index contributed by atoms with van der Waals surface area (Å²) in [4.78, 5) is 38.0. The van der Waals surface area contributed by atoms with Gasteiger partial charge in [0.15, 0.2) is 11.7 Å².